The monoisotopic (exact) mass is 189 g/mol. The molecule has 0 spiro atoms. The number of nitrogens with zero attached hydrogens (tertiary/aromatic N) is 1. The standard InChI is InChI=1S/C13H19N/c1-4-13(14(3)5-2)11-12-9-7-6-8-10-12/h6-11H,4-5H2,1-3H3. The van der Waals surface area contributed by atoms with Crippen molar-refractivity contribution in [3.05, 3.63) is 41.6 Å². The highest BCUT2D eigenvalue weighted by Gasteiger charge is 1.98. The lowest BCUT2D eigenvalue weighted by Gasteiger charge is -2.19. The third-order valence-electron chi connectivity index (χ3n) is 2.46. The van der Waals surface area contributed by atoms with Crippen LogP contribution in [0.3, 0.4) is 0 Å². The van der Waals surface area contributed by atoms with Gasteiger partial charge >= 0.3 is 0 Å². The Hall–Kier alpha value is -1.24. The van der Waals surface area contributed by atoms with Gasteiger partial charge in [-0.25, -0.2) is 0 Å². The van der Waals surface area contributed by atoms with Gasteiger partial charge in [0.25, 0.3) is 0 Å². The second kappa shape index (κ2) is 5.48. The van der Waals surface area contributed by atoms with Crippen LogP contribution < -0.4 is 0 Å². The van der Waals surface area contributed by atoms with Crippen LogP contribution in [0.4, 0.5) is 0 Å². The SMILES string of the molecule is CCC(=Cc1ccccc1)N(C)CC. The fourth-order valence-electron chi connectivity index (χ4n) is 1.43. The molecular weight excluding hydrogens is 170 g/mol. The molecule has 0 N–H and O–H groups in total. The van der Waals surface area contributed by atoms with Crippen LogP contribution in [0.2, 0.25) is 0 Å². The van der Waals surface area contributed by atoms with E-state index in [2.05, 4.69) is 56.1 Å². The van der Waals surface area contributed by atoms with Gasteiger partial charge in [-0.2, -0.15) is 0 Å². The second-order valence-corrected chi connectivity index (χ2v) is 3.41. The van der Waals surface area contributed by atoms with E-state index in [-0.39, 0.29) is 0 Å². The predicted molar refractivity (Wildman–Crippen MR) is 63.0 cm³/mol. The zero-order valence-corrected chi connectivity index (χ0v) is 9.33. The van der Waals surface area contributed by atoms with Gasteiger partial charge in [0.05, 0.1) is 0 Å². The molecule has 76 valence electrons. The Bertz CT molecular complexity index is 287. The first-order valence-corrected chi connectivity index (χ1v) is 5.24. The Kier molecular flexibility index (Phi) is 4.24. The van der Waals surface area contributed by atoms with Crippen LogP contribution in [0.5, 0.6) is 0 Å². The lowest BCUT2D eigenvalue weighted by atomic mass is 10.1. The minimum absolute atomic E-state index is 1.06. The summed E-state index contributed by atoms with van der Waals surface area (Å²) in [6, 6.07) is 10.5. The van der Waals surface area contributed by atoms with Crippen LogP contribution in [-0.2, 0) is 0 Å². The van der Waals surface area contributed by atoms with Gasteiger partial charge in [-0.05, 0) is 25.0 Å². The summed E-state index contributed by atoms with van der Waals surface area (Å²) in [6.07, 6.45) is 3.34. The van der Waals surface area contributed by atoms with Gasteiger partial charge in [-0.1, -0.05) is 37.3 Å². The van der Waals surface area contributed by atoms with Gasteiger partial charge < -0.3 is 4.90 Å². The van der Waals surface area contributed by atoms with E-state index in [0.717, 1.165) is 13.0 Å². The third-order valence-corrected chi connectivity index (χ3v) is 2.46. The highest BCUT2D eigenvalue weighted by molar-refractivity contribution is 5.51. The summed E-state index contributed by atoms with van der Waals surface area (Å²) in [4.78, 5) is 2.28. The molecule has 1 heteroatoms. The zero-order chi connectivity index (χ0) is 10.4. The van der Waals surface area contributed by atoms with Crippen molar-refractivity contribution >= 4 is 6.08 Å². The van der Waals surface area contributed by atoms with Crippen molar-refractivity contribution in [2.75, 3.05) is 13.6 Å². The van der Waals surface area contributed by atoms with E-state index in [1.807, 2.05) is 6.07 Å². The molecule has 0 heterocycles. The summed E-state index contributed by atoms with van der Waals surface area (Å²) >= 11 is 0. The average Bonchev–Trinajstić information content (AvgIpc) is 2.26. The van der Waals surface area contributed by atoms with E-state index in [1.54, 1.807) is 0 Å². The van der Waals surface area contributed by atoms with Crippen LogP contribution in [0.15, 0.2) is 36.0 Å². The Balaban J connectivity index is 2.84. The highest BCUT2D eigenvalue weighted by Crippen LogP contribution is 2.12. The van der Waals surface area contributed by atoms with E-state index in [9.17, 15) is 0 Å². The van der Waals surface area contributed by atoms with E-state index in [1.165, 1.54) is 11.3 Å². The van der Waals surface area contributed by atoms with Crippen molar-refractivity contribution in [1.29, 1.82) is 0 Å². The van der Waals surface area contributed by atoms with Gasteiger partial charge in [0, 0.05) is 19.3 Å². The lowest BCUT2D eigenvalue weighted by molar-refractivity contribution is 0.432. The summed E-state index contributed by atoms with van der Waals surface area (Å²) < 4.78 is 0. The van der Waals surface area contributed by atoms with Crippen LogP contribution >= 0.6 is 0 Å². The van der Waals surface area contributed by atoms with Gasteiger partial charge in [0.15, 0.2) is 0 Å². The van der Waals surface area contributed by atoms with Gasteiger partial charge in [-0.15, -0.1) is 0 Å². The molecule has 0 aliphatic heterocycles. The second-order valence-electron chi connectivity index (χ2n) is 3.41. The van der Waals surface area contributed by atoms with E-state index in [0.29, 0.717) is 0 Å². The van der Waals surface area contributed by atoms with Gasteiger partial charge in [0.1, 0.15) is 0 Å². The van der Waals surface area contributed by atoms with Crippen molar-refractivity contribution in [3.8, 4) is 0 Å². The van der Waals surface area contributed by atoms with Crippen LogP contribution in [0, 0.1) is 0 Å². The fourth-order valence-corrected chi connectivity index (χ4v) is 1.43. The van der Waals surface area contributed by atoms with E-state index in [4.69, 9.17) is 0 Å². The molecule has 0 aliphatic carbocycles. The van der Waals surface area contributed by atoms with E-state index >= 15 is 0 Å². The van der Waals surface area contributed by atoms with Crippen molar-refractivity contribution in [1.82, 2.24) is 4.90 Å². The molecule has 0 unspecified atom stereocenters. The first-order chi connectivity index (χ1) is 6.77. The first-order valence-electron chi connectivity index (χ1n) is 5.24. The molecule has 1 nitrogen and oxygen atoms in total. The van der Waals surface area contributed by atoms with Gasteiger partial charge in [0.2, 0.25) is 0 Å². The summed E-state index contributed by atoms with van der Waals surface area (Å²) in [6.45, 7) is 5.43. The molecule has 0 fully saturated rings. The Labute approximate surface area is 87.1 Å². The first kappa shape index (κ1) is 10.8. The zero-order valence-electron chi connectivity index (χ0n) is 9.33. The average molecular weight is 189 g/mol. The number of allylic oxidation sites excluding steroid dienone is 1. The minimum atomic E-state index is 1.06. The molecule has 0 saturated heterocycles. The molecule has 1 aromatic rings. The summed E-state index contributed by atoms with van der Waals surface area (Å²) in [5.74, 6) is 0. The molecule has 0 saturated carbocycles. The molecule has 1 rings (SSSR count). The molecule has 0 bridgehead atoms. The molecule has 0 radical (unpaired) electrons. The Morgan fingerprint density at radius 1 is 1.21 bits per heavy atom. The maximum atomic E-state index is 2.28. The normalized spacial score (nSPS) is 11.5. The van der Waals surface area contributed by atoms with Gasteiger partial charge in [-0.3, -0.25) is 0 Å². The van der Waals surface area contributed by atoms with Crippen LogP contribution in [0.25, 0.3) is 6.08 Å². The quantitative estimate of drug-likeness (QED) is 0.701. The smallest absolute Gasteiger partial charge is 0.0143 e. The number of hydrogen-bond acceptors (Lipinski definition) is 1. The Morgan fingerprint density at radius 2 is 1.86 bits per heavy atom. The van der Waals surface area contributed by atoms with Crippen LogP contribution in [0.1, 0.15) is 25.8 Å². The molecule has 0 aromatic heterocycles. The lowest BCUT2D eigenvalue weighted by Crippen LogP contribution is -2.16. The van der Waals surface area contributed by atoms with Crippen molar-refractivity contribution in [2.45, 2.75) is 20.3 Å². The molecule has 0 atom stereocenters. The molecule has 1 aromatic carbocycles. The maximum absolute atomic E-state index is 2.28. The maximum Gasteiger partial charge on any atom is 0.0143 e. The van der Waals surface area contributed by atoms with Crippen molar-refractivity contribution in [3.63, 3.8) is 0 Å². The summed E-state index contributed by atoms with van der Waals surface area (Å²) in [7, 11) is 2.14. The number of benzene rings is 1. The largest absolute Gasteiger partial charge is 0.378 e. The predicted octanol–water partition coefficient (Wildman–Crippen LogP) is 3.39. The summed E-state index contributed by atoms with van der Waals surface area (Å²) in [5.41, 5.74) is 2.67. The van der Waals surface area contributed by atoms with Crippen molar-refractivity contribution in [2.24, 2.45) is 0 Å². The number of hydrogen-bond donors (Lipinski definition) is 0. The van der Waals surface area contributed by atoms with Crippen molar-refractivity contribution < 1.29 is 0 Å². The molecule has 0 amide bonds. The number of rotatable bonds is 4. The minimum Gasteiger partial charge on any atom is -0.378 e. The molecule has 14 heavy (non-hydrogen) atoms. The third kappa shape index (κ3) is 2.91. The highest BCUT2D eigenvalue weighted by atomic mass is 15.1. The van der Waals surface area contributed by atoms with E-state index < -0.39 is 0 Å². The Morgan fingerprint density at radius 3 is 2.36 bits per heavy atom. The summed E-state index contributed by atoms with van der Waals surface area (Å²) in [5, 5.41) is 0. The molecule has 0 aliphatic rings. The topological polar surface area (TPSA) is 3.24 Å². The van der Waals surface area contributed by atoms with Crippen LogP contribution in [-0.4, -0.2) is 18.5 Å². The molecular formula is C13H19N. The fraction of sp³-hybridized carbons (Fsp3) is 0.385.